The maximum absolute atomic E-state index is 11.9. The van der Waals surface area contributed by atoms with Crippen LogP contribution in [0.5, 0.6) is 0 Å². The minimum absolute atomic E-state index is 0.0790. The quantitative estimate of drug-likeness (QED) is 0.590. The normalized spacial score (nSPS) is 13.1. The lowest BCUT2D eigenvalue weighted by molar-refractivity contribution is -0.123. The summed E-state index contributed by atoms with van der Waals surface area (Å²) in [6, 6.07) is 0.243. The van der Waals surface area contributed by atoms with Crippen LogP contribution in [0.3, 0.4) is 0 Å². The molecule has 0 aliphatic heterocycles. The Labute approximate surface area is 113 Å². The topological polar surface area (TPSA) is 41.1 Å². The van der Waals surface area contributed by atoms with Gasteiger partial charge < -0.3 is 10.6 Å². The van der Waals surface area contributed by atoms with E-state index in [1.807, 2.05) is 6.92 Å². The Morgan fingerprint density at radius 3 is 2.17 bits per heavy atom. The Bertz CT molecular complexity index is 213. The molecule has 0 aromatic carbocycles. The van der Waals surface area contributed by atoms with Crippen molar-refractivity contribution in [2.45, 2.75) is 78.8 Å². The summed E-state index contributed by atoms with van der Waals surface area (Å²) in [5, 5.41) is 6.37. The molecule has 0 radical (unpaired) electrons. The zero-order valence-electron chi connectivity index (χ0n) is 12.9. The van der Waals surface area contributed by atoms with Crippen LogP contribution in [0, 0.1) is 5.92 Å². The van der Waals surface area contributed by atoms with Crippen molar-refractivity contribution in [1.29, 1.82) is 0 Å². The third-order valence-corrected chi connectivity index (χ3v) is 3.38. The molecule has 1 unspecified atom stereocenters. The Morgan fingerprint density at radius 1 is 1.06 bits per heavy atom. The maximum Gasteiger partial charge on any atom is 0.237 e. The lowest BCUT2D eigenvalue weighted by Gasteiger charge is -2.19. The SMILES string of the molecule is CCC(CC)NC(=O)C(C)NCCCCC(C)C. The Balaban J connectivity index is 3.67. The van der Waals surface area contributed by atoms with E-state index < -0.39 is 0 Å². The van der Waals surface area contributed by atoms with Gasteiger partial charge in [-0.15, -0.1) is 0 Å². The van der Waals surface area contributed by atoms with Crippen LogP contribution >= 0.6 is 0 Å². The van der Waals surface area contributed by atoms with Gasteiger partial charge in [0.2, 0.25) is 5.91 Å². The van der Waals surface area contributed by atoms with Crippen LogP contribution in [0.1, 0.15) is 66.7 Å². The lowest BCUT2D eigenvalue weighted by atomic mass is 10.1. The first kappa shape index (κ1) is 17.4. The fourth-order valence-corrected chi connectivity index (χ4v) is 1.91. The number of carbonyl (C=O) groups excluding carboxylic acids is 1. The number of hydrogen-bond acceptors (Lipinski definition) is 2. The van der Waals surface area contributed by atoms with E-state index in [9.17, 15) is 4.79 Å². The molecule has 0 aromatic rings. The molecule has 18 heavy (non-hydrogen) atoms. The third-order valence-electron chi connectivity index (χ3n) is 3.38. The molecule has 1 amide bonds. The molecule has 3 heteroatoms. The van der Waals surface area contributed by atoms with Gasteiger partial charge in [-0.2, -0.15) is 0 Å². The number of carbonyl (C=O) groups is 1. The number of rotatable bonds is 10. The first-order chi connectivity index (χ1) is 8.51. The van der Waals surface area contributed by atoms with Gasteiger partial charge in [0.25, 0.3) is 0 Å². The summed E-state index contributed by atoms with van der Waals surface area (Å²) in [5.41, 5.74) is 0. The highest BCUT2D eigenvalue weighted by molar-refractivity contribution is 5.81. The van der Waals surface area contributed by atoms with Crippen molar-refractivity contribution in [2.24, 2.45) is 5.92 Å². The summed E-state index contributed by atoms with van der Waals surface area (Å²) < 4.78 is 0. The third kappa shape index (κ3) is 8.51. The van der Waals surface area contributed by atoms with Crippen LogP contribution < -0.4 is 10.6 Å². The van der Waals surface area contributed by atoms with Crippen LogP contribution in [-0.2, 0) is 4.79 Å². The summed E-state index contributed by atoms with van der Waals surface area (Å²) >= 11 is 0. The fourth-order valence-electron chi connectivity index (χ4n) is 1.91. The van der Waals surface area contributed by atoms with E-state index in [1.165, 1.54) is 12.8 Å². The molecule has 0 bridgehead atoms. The van der Waals surface area contributed by atoms with E-state index in [0.29, 0.717) is 6.04 Å². The molecule has 2 N–H and O–H groups in total. The van der Waals surface area contributed by atoms with Crippen LogP contribution in [0.4, 0.5) is 0 Å². The predicted molar refractivity (Wildman–Crippen MR) is 78.7 cm³/mol. The summed E-state index contributed by atoms with van der Waals surface area (Å²) in [4.78, 5) is 11.9. The molecule has 3 nitrogen and oxygen atoms in total. The van der Waals surface area contributed by atoms with E-state index in [-0.39, 0.29) is 11.9 Å². The van der Waals surface area contributed by atoms with Gasteiger partial charge in [-0.3, -0.25) is 4.79 Å². The second kappa shape index (κ2) is 10.4. The highest BCUT2D eigenvalue weighted by Crippen LogP contribution is 2.05. The van der Waals surface area contributed by atoms with Gasteiger partial charge in [-0.1, -0.05) is 40.5 Å². The van der Waals surface area contributed by atoms with Crippen LogP contribution in [0.15, 0.2) is 0 Å². The van der Waals surface area contributed by atoms with Crippen molar-refractivity contribution in [3.05, 3.63) is 0 Å². The lowest BCUT2D eigenvalue weighted by Crippen LogP contribution is -2.46. The average molecular weight is 256 g/mol. The van der Waals surface area contributed by atoms with Crippen molar-refractivity contribution < 1.29 is 4.79 Å². The number of hydrogen-bond donors (Lipinski definition) is 2. The maximum atomic E-state index is 11.9. The standard InChI is InChI=1S/C15H32N2O/c1-6-14(7-2)17-15(18)13(5)16-11-9-8-10-12(3)4/h12-14,16H,6-11H2,1-5H3,(H,17,18). The molecular formula is C15H32N2O. The summed E-state index contributed by atoms with van der Waals surface area (Å²) in [7, 11) is 0. The smallest absolute Gasteiger partial charge is 0.237 e. The average Bonchev–Trinajstić information content (AvgIpc) is 2.34. The summed E-state index contributed by atoms with van der Waals surface area (Å²) in [6.45, 7) is 11.6. The van der Waals surface area contributed by atoms with Gasteiger partial charge in [0.15, 0.2) is 0 Å². The first-order valence-corrected chi connectivity index (χ1v) is 7.54. The molecule has 0 heterocycles. The van der Waals surface area contributed by atoms with E-state index in [2.05, 4.69) is 38.3 Å². The van der Waals surface area contributed by atoms with Crippen molar-refractivity contribution >= 4 is 5.91 Å². The summed E-state index contributed by atoms with van der Waals surface area (Å²) in [6.07, 6.45) is 5.68. The largest absolute Gasteiger partial charge is 0.352 e. The van der Waals surface area contributed by atoms with Gasteiger partial charge in [-0.25, -0.2) is 0 Å². The van der Waals surface area contributed by atoms with Crippen molar-refractivity contribution in [3.8, 4) is 0 Å². The monoisotopic (exact) mass is 256 g/mol. The fraction of sp³-hybridized carbons (Fsp3) is 0.933. The molecule has 0 saturated carbocycles. The van der Waals surface area contributed by atoms with Gasteiger partial charge in [0.05, 0.1) is 6.04 Å². The van der Waals surface area contributed by atoms with Crippen LogP contribution in [-0.4, -0.2) is 24.5 Å². The molecule has 108 valence electrons. The van der Waals surface area contributed by atoms with Crippen molar-refractivity contribution in [2.75, 3.05) is 6.54 Å². The minimum atomic E-state index is -0.0790. The van der Waals surface area contributed by atoms with E-state index in [0.717, 1.165) is 31.7 Å². The van der Waals surface area contributed by atoms with Gasteiger partial charge in [0, 0.05) is 6.04 Å². The summed E-state index contributed by atoms with van der Waals surface area (Å²) in [5.74, 6) is 0.910. The molecule has 0 saturated heterocycles. The molecular weight excluding hydrogens is 224 g/mol. The molecule has 0 aliphatic carbocycles. The second-order valence-electron chi connectivity index (χ2n) is 5.59. The molecule has 0 spiro atoms. The zero-order chi connectivity index (χ0) is 14.0. The second-order valence-corrected chi connectivity index (χ2v) is 5.59. The minimum Gasteiger partial charge on any atom is -0.352 e. The van der Waals surface area contributed by atoms with E-state index in [1.54, 1.807) is 0 Å². The number of amides is 1. The highest BCUT2D eigenvalue weighted by atomic mass is 16.2. The first-order valence-electron chi connectivity index (χ1n) is 7.54. The van der Waals surface area contributed by atoms with Crippen LogP contribution in [0.25, 0.3) is 0 Å². The van der Waals surface area contributed by atoms with Crippen molar-refractivity contribution in [1.82, 2.24) is 10.6 Å². The van der Waals surface area contributed by atoms with E-state index in [4.69, 9.17) is 0 Å². The Morgan fingerprint density at radius 2 is 1.67 bits per heavy atom. The van der Waals surface area contributed by atoms with Gasteiger partial charge in [-0.05, 0) is 38.6 Å². The highest BCUT2D eigenvalue weighted by Gasteiger charge is 2.14. The molecule has 0 rings (SSSR count). The zero-order valence-corrected chi connectivity index (χ0v) is 12.9. The van der Waals surface area contributed by atoms with Gasteiger partial charge >= 0.3 is 0 Å². The molecule has 0 aromatic heterocycles. The Hall–Kier alpha value is -0.570. The van der Waals surface area contributed by atoms with Gasteiger partial charge in [0.1, 0.15) is 0 Å². The number of nitrogens with one attached hydrogen (secondary N) is 2. The molecule has 0 aliphatic rings. The number of unbranched alkanes of at least 4 members (excludes halogenated alkanes) is 1. The molecule has 0 fully saturated rings. The van der Waals surface area contributed by atoms with E-state index >= 15 is 0 Å². The van der Waals surface area contributed by atoms with Crippen LogP contribution in [0.2, 0.25) is 0 Å². The molecule has 1 atom stereocenters. The predicted octanol–water partition coefficient (Wildman–Crippen LogP) is 3.10. The Kier molecular flexibility index (Phi) is 10.0. The van der Waals surface area contributed by atoms with Crippen molar-refractivity contribution in [3.63, 3.8) is 0 Å².